The second-order valence-electron chi connectivity index (χ2n) is 3.44. The lowest BCUT2D eigenvalue weighted by molar-refractivity contribution is -0.0138. The van der Waals surface area contributed by atoms with Crippen molar-refractivity contribution in [2.24, 2.45) is 0 Å². The highest BCUT2D eigenvalue weighted by atomic mass is 19.1. The van der Waals surface area contributed by atoms with Crippen LogP contribution in [0.25, 0.3) is 5.53 Å². The molecule has 15 heavy (non-hydrogen) atoms. The maximum atomic E-state index is 13.8. The summed E-state index contributed by atoms with van der Waals surface area (Å²) in [5, 5.41) is 0. The smallest absolute Gasteiger partial charge is 0.331 e. The van der Waals surface area contributed by atoms with Crippen molar-refractivity contribution in [2.75, 3.05) is 26.3 Å². The van der Waals surface area contributed by atoms with Crippen LogP contribution in [-0.4, -0.2) is 47.9 Å². The molecule has 2 rings (SSSR count). The van der Waals surface area contributed by atoms with Gasteiger partial charge in [0.25, 0.3) is 0 Å². The van der Waals surface area contributed by atoms with E-state index in [0.29, 0.717) is 32.0 Å². The van der Waals surface area contributed by atoms with Gasteiger partial charge in [-0.25, -0.2) is 4.39 Å². The van der Waals surface area contributed by atoms with E-state index in [1.165, 1.54) is 6.08 Å². The number of nitrogens with zero attached hydrogens (tertiary/aromatic N) is 3. The number of alkyl halides is 1. The molecule has 0 amide bonds. The van der Waals surface area contributed by atoms with Crippen LogP contribution in [0.2, 0.25) is 0 Å². The van der Waals surface area contributed by atoms with E-state index in [1.807, 2.05) is 4.90 Å². The molecule has 5 heteroatoms. The average molecular weight is 209 g/mol. The normalized spacial score (nSPS) is 26.2. The third-order valence-corrected chi connectivity index (χ3v) is 2.55. The molecular formula is C10H12FN3O. The van der Waals surface area contributed by atoms with Crippen LogP contribution in [0.3, 0.4) is 0 Å². The van der Waals surface area contributed by atoms with E-state index >= 15 is 0 Å². The molecule has 2 aliphatic rings. The zero-order valence-corrected chi connectivity index (χ0v) is 8.27. The summed E-state index contributed by atoms with van der Waals surface area (Å²) in [7, 11) is 0. The first-order valence-corrected chi connectivity index (χ1v) is 4.90. The second-order valence-corrected chi connectivity index (χ2v) is 3.44. The molecule has 0 N–H and O–H groups in total. The van der Waals surface area contributed by atoms with Crippen LogP contribution in [0.15, 0.2) is 23.9 Å². The Kier molecular flexibility index (Phi) is 2.94. The van der Waals surface area contributed by atoms with E-state index in [0.717, 1.165) is 0 Å². The van der Waals surface area contributed by atoms with Gasteiger partial charge in [-0.1, -0.05) is 6.08 Å². The highest BCUT2D eigenvalue weighted by Crippen LogP contribution is 2.19. The number of halogens is 1. The summed E-state index contributed by atoms with van der Waals surface area (Å²) >= 11 is 0. The van der Waals surface area contributed by atoms with Crippen molar-refractivity contribution in [2.45, 2.75) is 6.17 Å². The number of ether oxygens (including phenoxy) is 1. The highest BCUT2D eigenvalue weighted by Gasteiger charge is 2.31. The Morgan fingerprint density at radius 3 is 2.87 bits per heavy atom. The number of allylic oxidation sites excluding steroid dienone is 4. The molecule has 1 heterocycles. The molecule has 4 nitrogen and oxygen atoms in total. The lowest BCUT2D eigenvalue weighted by Crippen LogP contribution is -2.40. The van der Waals surface area contributed by atoms with Crippen molar-refractivity contribution in [1.29, 1.82) is 0 Å². The van der Waals surface area contributed by atoms with E-state index in [1.54, 1.807) is 12.2 Å². The maximum absolute atomic E-state index is 13.8. The Labute approximate surface area is 87.3 Å². The summed E-state index contributed by atoms with van der Waals surface area (Å²) < 4.78 is 19.0. The molecule has 0 aromatic heterocycles. The molecule has 1 aliphatic heterocycles. The first-order chi connectivity index (χ1) is 7.33. The van der Waals surface area contributed by atoms with Gasteiger partial charge in [0.2, 0.25) is 6.17 Å². The van der Waals surface area contributed by atoms with Crippen molar-refractivity contribution < 1.29 is 13.9 Å². The zero-order chi connectivity index (χ0) is 10.7. The molecule has 1 fully saturated rings. The second kappa shape index (κ2) is 4.38. The van der Waals surface area contributed by atoms with Gasteiger partial charge >= 0.3 is 5.71 Å². The van der Waals surface area contributed by atoms with Crippen LogP contribution < -0.4 is 0 Å². The van der Waals surface area contributed by atoms with Gasteiger partial charge in [0.05, 0.1) is 18.9 Å². The van der Waals surface area contributed by atoms with Gasteiger partial charge in [0, 0.05) is 19.2 Å². The van der Waals surface area contributed by atoms with Crippen molar-refractivity contribution >= 4 is 5.71 Å². The molecule has 0 aromatic rings. The molecule has 1 atom stereocenters. The van der Waals surface area contributed by atoms with Gasteiger partial charge in [-0.2, -0.15) is 4.79 Å². The summed E-state index contributed by atoms with van der Waals surface area (Å²) in [6.45, 7) is 2.58. The molecule has 1 saturated heterocycles. The van der Waals surface area contributed by atoms with Gasteiger partial charge in [-0.3, -0.25) is 0 Å². The van der Waals surface area contributed by atoms with Crippen LogP contribution in [0.4, 0.5) is 4.39 Å². The fourth-order valence-corrected chi connectivity index (χ4v) is 1.74. The molecule has 0 spiro atoms. The Bertz CT molecular complexity index is 352. The van der Waals surface area contributed by atoms with Crippen molar-refractivity contribution in [3.05, 3.63) is 29.5 Å². The summed E-state index contributed by atoms with van der Waals surface area (Å²) in [4.78, 5) is 4.85. The Morgan fingerprint density at radius 1 is 1.47 bits per heavy atom. The van der Waals surface area contributed by atoms with Gasteiger partial charge in [-0.15, -0.1) is 0 Å². The van der Waals surface area contributed by atoms with Crippen molar-refractivity contribution in [3.8, 4) is 0 Å². The fraction of sp³-hybridized carbons (Fsp3) is 0.500. The zero-order valence-electron chi connectivity index (χ0n) is 8.27. The fourth-order valence-electron chi connectivity index (χ4n) is 1.74. The van der Waals surface area contributed by atoms with Crippen LogP contribution in [0, 0.1) is 0 Å². The topological polar surface area (TPSA) is 48.9 Å². The lowest BCUT2D eigenvalue weighted by atomic mass is 10.1. The number of rotatable bonds is 1. The van der Waals surface area contributed by atoms with E-state index in [4.69, 9.17) is 10.3 Å². The first-order valence-electron chi connectivity index (χ1n) is 4.90. The van der Waals surface area contributed by atoms with Crippen LogP contribution in [0.5, 0.6) is 0 Å². The summed E-state index contributed by atoms with van der Waals surface area (Å²) in [5.74, 6) is 0. The molecule has 1 aliphatic carbocycles. The third kappa shape index (κ3) is 1.98. The minimum Gasteiger partial charge on any atom is -0.378 e. The van der Waals surface area contributed by atoms with Gasteiger partial charge in [0.1, 0.15) is 0 Å². The molecular weight excluding hydrogens is 197 g/mol. The number of morpholine rings is 1. The Morgan fingerprint density at radius 2 is 2.20 bits per heavy atom. The highest BCUT2D eigenvalue weighted by molar-refractivity contribution is 5.97. The van der Waals surface area contributed by atoms with E-state index in [9.17, 15) is 4.39 Å². The van der Waals surface area contributed by atoms with Gasteiger partial charge in [0.15, 0.2) is 0 Å². The Balaban J connectivity index is 2.17. The molecule has 0 radical (unpaired) electrons. The molecule has 80 valence electrons. The first kappa shape index (κ1) is 10.1. The van der Waals surface area contributed by atoms with Crippen LogP contribution in [-0.2, 0) is 4.74 Å². The summed E-state index contributed by atoms with van der Waals surface area (Å²) in [6.07, 6.45) is 3.54. The predicted octanol–water partition coefficient (Wildman–Crippen LogP) is 0.781. The SMILES string of the molecule is [N-]=[N+]=C1C=CC=C(N2CCOCC2)C1F. The van der Waals surface area contributed by atoms with E-state index < -0.39 is 6.17 Å². The maximum Gasteiger partial charge on any atom is 0.331 e. The molecule has 0 saturated carbocycles. The van der Waals surface area contributed by atoms with Gasteiger partial charge < -0.3 is 15.2 Å². The minimum absolute atomic E-state index is 0.0546. The predicted molar refractivity (Wildman–Crippen MR) is 53.1 cm³/mol. The largest absolute Gasteiger partial charge is 0.378 e. The minimum atomic E-state index is -1.34. The molecule has 0 bridgehead atoms. The van der Waals surface area contributed by atoms with Crippen molar-refractivity contribution in [1.82, 2.24) is 4.90 Å². The lowest BCUT2D eigenvalue weighted by Gasteiger charge is -2.31. The number of hydrogen-bond donors (Lipinski definition) is 0. The number of hydrogen-bond acceptors (Lipinski definition) is 2. The van der Waals surface area contributed by atoms with Crippen LogP contribution in [0.1, 0.15) is 0 Å². The molecule has 1 unspecified atom stereocenters. The van der Waals surface area contributed by atoms with Gasteiger partial charge in [-0.05, 0) is 6.08 Å². The summed E-state index contributed by atoms with van der Waals surface area (Å²) in [5.41, 5.74) is 9.21. The monoisotopic (exact) mass is 209 g/mol. The summed E-state index contributed by atoms with van der Waals surface area (Å²) in [6, 6.07) is 0. The van der Waals surface area contributed by atoms with Crippen LogP contribution >= 0.6 is 0 Å². The quantitative estimate of drug-likeness (QED) is 0.473. The average Bonchev–Trinajstić information content (AvgIpc) is 2.30. The van der Waals surface area contributed by atoms with E-state index in [2.05, 4.69) is 4.79 Å². The Hall–Kier alpha value is -1.45. The van der Waals surface area contributed by atoms with Crippen molar-refractivity contribution in [3.63, 3.8) is 0 Å². The van der Waals surface area contributed by atoms with E-state index in [-0.39, 0.29) is 5.71 Å². The molecule has 0 aromatic carbocycles. The third-order valence-electron chi connectivity index (χ3n) is 2.55. The standard InChI is InChI=1S/C10H12FN3O/c11-10-8(13-12)2-1-3-9(10)14-4-6-15-7-5-14/h1-3,10H,4-7H2.